The zero-order valence-electron chi connectivity index (χ0n) is 10.8. The van der Waals surface area contributed by atoms with Crippen molar-refractivity contribution in [1.82, 2.24) is 10.6 Å². The average Bonchev–Trinajstić information content (AvgIpc) is 2.67. The molecule has 2 heterocycles. The third kappa shape index (κ3) is 2.04. The molecule has 2 N–H and O–H groups in total. The van der Waals surface area contributed by atoms with E-state index in [-0.39, 0.29) is 11.7 Å². The van der Waals surface area contributed by atoms with E-state index in [2.05, 4.69) is 15.6 Å². The van der Waals surface area contributed by atoms with Crippen molar-refractivity contribution in [2.75, 3.05) is 13.1 Å². The lowest BCUT2D eigenvalue weighted by molar-refractivity contribution is -0.124. The number of benzene rings is 1. The molecule has 2 aliphatic rings. The number of nitrogens with zero attached hydrogens (tertiary/aromatic N) is 1. The maximum Gasteiger partial charge on any atom is 0.253 e. The lowest BCUT2D eigenvalue weighted by Crippen LogP contribution is -2.47. The van der Waals surface area contributed by atoms with Crippen LogP contribution in [-0.2, 0) is 4.79 Å². The van der Waals surface area contributed by atoms with Crippen molar-refractivity contribution >= 4 is 11.7 Å². The van der Waals surface area contributed by atoms with E-state index in [4.69, 9.17) is 0 Å². The number of carbonyl (C=O) groups excluding carboxylic acids is 1. The predicted octanol–water partition coefficient (Wildman–Crippen LogP) is 1.13. The molecule has 1 aromatic carbocycles. The fourth-order valence-electron chi connectivity index (χ4n) is 2.72. The average molecular weight is 261 g/mol. The number of amides is 1. The highest BCUT2D eigenvalue weighted by Crippen LogP contribution is 2.29. The van der Waals surface area contributed by atoms with Crippen molar-refractivity contribution in [2.24, 2.45) is 4.99 Å². The first-order valence-electron chi connectivity index (χ1n) is 6.49. The molecule has 0 aromatic heterocycles. The zero-order chi connectivity index (χ0) is 13.5. The van der Waals surface area contributed by atoms with Gasteiger partial charge in [0, 0.05) is 5.56 Å². The number of rotatable bonds is 1. The number of aryl methyl sites for hydroxylation is 1. The van der Waals surface area contributed by atoms with Crippen molar-refractivity contribution in [3.05, 3.63) is 35.1 Å². The number of aliphatic imine (C=N–C) groups is 1. The Bertz CT molecular complexity index is 562. The van der Waals surface area contributed by atoms with Crippen molar-refractivity contribution in [2.45, 2.75) is 25.3 Å². The molecule has 100 valence electrons. The minimum absolute atomic E-state index is 0.0345. The molecule has 1 saturated heterocycles. The highest BCUT2D eigenvalue weighted by Gasteiger charge is 2.44. The van der Waals surface area contributed by atoms with E-state index in [9.17, 15) is 9.18 Å². The van der Waals surface area contributed by atoms with Crippen LogP contribution in [0.3, 0.4) is 0 Å². The van der Waals surface area contributed by atoms with Crippen molar-refractivity contribution in [3.63, 3.8) is 0 Å². The van der Waals surface area contributed by atoms with E-state index in [1.54, 1.807) is 6.07 Å². The SMILES string of the molecule is Cc1cc(F)ccc1C1=NC2(CCNCC2)C(=O)N1. The van der Waals surface area contributed by atoms with Crippen LogP contribution in [0.25, 0.3) is 0 Å². The van der Waals surface area contributed by atoms with Gasteiger partial charge in [0.15, 0.2) is 0 Å². The summed E-state index contributed by atoms with van der Waals surface area (Å²) in [7, 11) is 0. The Balaban J connectivity index is 1.98. The monoisotopic (exact) mass is 261 g/mol. The molecule has 5 heteroatoms. The first kappa shape index (κ1) is 12.3. The minimum atomic E-state index is -0.624. The maximum absolute atomic E-state index is 13.1. The Morgan fingerprint density at radius 2 is 2.05 bits per heavy atom. The Morgan fingerprint density at radius 1 is 1.32 bits per heavy atom. The summed E-state index contributed by atoms with van der Waals surface area (Å²) < 4.78 is 13.1. The largest absolute Gasteiger partial charge is 0.317 e. The molecule has 0 bridgehead atoms. The van der Waals surface area contributed by atoms with Gasteiger partial charge < -0.3 is 10.6 Å². The molecule has 4 nitrogen and oxygen atoms in total. The Labute approximate surface area is 111 Å². The summed E-state index contributed by atoms with van der Waals surface area (Å²) in [4.78, 5) is 16.8. The molecule has 2 aliphatic heterocycles. The third-order valence-corrected chi connectivity index (χ3v) is 3.85. The van der Waals surface area contributed by atoms with E-state index >= 15 is 0 Å². The van der Waals surface area contributed by atoms with E-state index in [1.165, 1.54) is 12.1 Å². The molecule has 0 saturated carbocycles. The second kappa shape index (κ2) is 4.42. The van der Waals surface area contributed by atoms with Crippen molar-refractivity contribution < 1.29 is 9.18 Å². The van der Waals surface area contributed by atoms with Gasteiger partial charge in [-0.05, 0) is 56.6 Å². The molecule has 0 radical (unpaired) electrons. The summed E-state index contributed by atoms with van der Waals surface area (Å²) in [5.41, 5.74) is 0.955. The van der Waals surface area contributed by atoms with Gasteiger partial charge in [0.05, 0.1) is 0 Å². The van der Waals surface area contributed by atoms with E-state index < -0.39 is 5.54 Å². The Hall–Kier alpha value is -1.75. The number of hydrogen-bond acceptors (Lipinski definition) is 3. The van der Waals surface area contributed by atoms with E-state index in [0.29, 0.717) is 18.7 Å². The number of carbonyl (C=O) groups is 1. The highest BCUT2D eigenvalue weighted by atomic mass is 19.1. The summed E-state index contributed by atoms with van der Waals surface area (Å²) in [5.74, 6) is 0.264. The summed E-state index contributed by atoms with van der Waals surface area (Å²) in [6.45, 7) is 3.42. The number of amidine groups is 1. The quantitative estimate of drug-likeness (QED) is 0.796. The molecule has 0 unspecified atom stereocenters. The van der Waals surface area contributed by atoms with Gasteiger partial charge in [-0.1, -0.05) is 0 Å². The number of halogens is 1. The van der Waals surface area contributed by atoms with Crippen molar-refractivity contribution in [3.8, 4) is 0 Å². The second-order valence-electron chi connectivity index (χ2n) is 5.16. The highest BCUT2D eigenvalue weighted by molar-refractivity contribution is 6.15. The van der Waals surface area contributed by atoms with Crippen LogP contribution >= 0.6 is 0 Å². The zero-order valence-corrected chi connectivity index (χ0v) is 10.8. The molecular weight excluding hydrogens is 245 g/mol. The molecule has 1 spiro atoms. The molecule has 1 aromatic rings. The molecular formula is C14H16FN3O. The van der Waals surface area contributed by atoms with Gasteiger partial charge >= 0.3 is 0 Å². The second-order valence-corrected chi connectivity index (χ2v) is 5.16. The van der Waals surface area contributed by atoms with E-state index in [1.807, 2.05) is 6.92 Å². The van der Waals surface area contributed by atoms with Gasteiger partial charge in [-0.15, -0.1) is 0 Å². The molecule has 0 aliphatic carbocycles. The van der Waals surface area contributed by atoms with Gasteiger partial charge in [-0.2, -0.15) is 0 Å². The van der Waals surface area contributed by atoms with Crippen LogP contribution in [0.4, 0.5) is 4.39 Å². The van der Waals surface area contributed by atoms with Gasteiger partial charge in [0.1, 0.15) is 17.2 Å². The van der Waals surface area contributed by atoms with Gasteiger partial charge in [0.25, 0.3) is 5.91 Å². The predicted molar refractivity (Wildman–Crippen MR) is 70.7 cm³/mol. The fraction of sp³-hybridized carbons (Fsp3) is 0.429. The van der Waals surface area contributed by atoms with Crippen LogP contribution < -0.4 is 10.6 Å². The smallest absolute Gasteiger partial charge is 0.253 e. The Morgan fingerprint density at radius 3 is 2.74 bits per heavy atom. The molecule has 1 amide bonds. The van der Waals surface area contributed by atoms with Crippen molar-refractivity contribution in [1.29, 1.82) is 0 Å². The summed E-state index contributed by atoms with van der Waals surface area (Å²) in [6, 6.07) is 4.52. The third-order valence-electron chi connectivity index (χ3n) is 3.85. The van der Waals surface area contributed by atoms with Crippen LogP contribution in [0.2, 0.25) is 0 Å². The topological polar surface area (TPSA) is 53.5 Å². The number of nitrogens with one attached hydrogen (secondary N) is 2. The van der Waals surface area contributed by atoms with Crippen LogP contribution in [0.1, 0.15) is 24.0 Å². The lowest BCUT2D eigenvalue weighted by Gasteiger charge is -2.28. The standard InChI is InChI=1S/C14H16FN3O/c1-9-8-10(15)2-3-11(9)12-17-13(19)14(18-12)4-6-16-7-5-14/h2-3,8,16H,4-7H2,1H3,(H,17,18,19). The molecule has 19 heavy (non-hydrogen) atoms. The maximum atomic E-state index is 13.1. The summed E-state index contributed by atoms with van der Waals surface area (Å²) in [5, 5.41) is 6.08. The first-order valence-corrected chi connectivity index (χ1v) is 6.49. The molecule has 3 rings (SSSR count). The van der Waals surface area contributed by atoms with Crippen LogP contribution in [-0.4, -0.2) is 30.4 Å². The number of hydrogen-bond donors (Lipinski definition) is 2. The van der Waals surface area contributed by atoms with Crippen LogP contribution in [0.5, 0.6) is 0 Å². The summed E-state index contributed by atoms with van der Waals surface area (Å²) >= 11 is 0. The molecule has 0 atom stereocenters. The Kier molecular flexibility index (Phi) is 2.86. The lowest BCUT2D eigenvalue weighted by atomic mass is 9.89. The minimum Gasteiger partial charge on any atom is -0.317 e. The number of piperidine rings is 1. The van der Waals surface area contributed by atoms with Gasteiger partial charge in [0.2, 0.25) is 0 Å². The fourth-order valence-corrected chi connectivity index (χ4v) is 2.72. The van der Waals surface area contributed by atoms with Crippen LogP contribution in [0, 0.1) is 12.7 Å². The summed E-state index contributed by atoms with van der Waals surface area (Å²) in [6.07, 6.45) is 1.42. The normalized spacial score (nSPS) is 21.4. The van der Waals surface area contributed by atoms with Gasteiger partial charge in [-0.3, -0.25) is 9.79 Å². The van der Waals surface area contributed by atoms with Gasteiger partial charge in [-0.25, -0.2) is 4.39 Å². The first-order chi connectivity index (χ1) is 9.11. The van der Waals surface area contributed by atoms with Crippen LogP contribution in [0.15, 0.2) is 23.2 Å². The van der Waals surface area contributed by atoms with E-state index in [0.717, 1.165) is 24.2 Å². The molecule has 1 fully saturated rings.